The first kappa shape index (κ1) is 15.8. The molecule has 124 valence electrons. The van der Waals surface area contributed by atoms with Crippen molar-refractivity contribution < 1.29 is 9.53 Å². The topological polar surface area (TPSA) is 58.2 Å². The van der Waals surface area contributed by atoms with Crippen LogP contribution in [0.1, 0.15) is 52.1 Å². The summed E-state index contributed by atoms with van der Waals surface area (Å²) in [6.07, 6.45) is 3.68. The van der Waals surface area contributed by atoms with Gasteiger partial charge in [-0.1, -0.05) is 13.0 Å². The lowest BCUT2D eigenvalue weighted by Gasteiger charge is -2.39. The second-order valence-corrected chi connectivity index (χ2v) is 7.55. The van der Waals surface area contributed by atoms with Gasteiger partial charge in [-0.15, -0.1) is 0 Å². The number of H-pyrrole nitrogens is 1. The summed E-state index contributed by atoms with van der Waals surface area (Å²) in [6, 6.07) is 6.30. The molecular formula is C18H25N3O2. The number of rotatable bonds is 1. The van der Waals surface area contributed by atoms with E-state index in [4.69, 9.17) is 4.74 Å². The largest absolute Gasteiger partial charge is 0.444 e. The molecule has 0 spiro atoms. The van der Waals surface area contributed by atoms with Gasteiger partial charge in [0.25, 0.3) is 0 Å². The first-order chi connectivity index (χ1) is 10.8. The van der Waals surface area contributed by atoms with E-state index < -0.39 is 5.60 Å². The Morgan fingerprint density at radius 1 is 1.35 bits per heavy atom. The normalized spacial score (nSPS) is 22.3. The lowest BCUT2D eigenvalue weighted by atomic mass is 9.90. The molecule has 0 bridgehead atoms. The zero-order valence-corrected chi connectivity index (χ0v) is 14.3. The number of piperidine rings is 1. The number of nitrogens with zero attached hydrogens (tertiary/aromatic N) is 2. The Hall–Kier alpha value is -2.04. The molecule has 5 heteroatoms. The lowest BCUT2D eigenvalue weighted by molar-refractivity contribution is 0.00365. The van der Waals surface area contributed by atoms with Crippen molar-refractivity contribution in [2.45, 2.75) is 52.2 Å². The maximum atomic E-state index is 12.6. The fourth-order valence-corrected chi connectivity index (χ4v) is 3.19. The fourth-order valence-electron chi connectivity index (χ4n) is 3.19. The molecule has 5 nitrogen and oxygen atoms in total. The van der Waals surface area contributed by atoms with Gasteiger partial charge in [0.15, 0.2) is 0 Å². The van der Waals surface area contributed by atoms with Crippen LogP contribution in [0, 0.1) is 5.92 Å². The van der Waals surface area contributed by atoms with Crippen LogP contribution in [0.3, 0.4) is 0 Å². The minimum absolute atomic E-state index is 0.0698. The van der Waals surface area contributed by atoms with Crippen LogP contribution in [-0.4, -0.2) is 33.3 Å². The molecule has 3 rings (SSSR count). The number of amides is 1. The van der Waals surface area contributed by atoms with Crippen LogP contribution in [0.25, 0.3) is 10.9 Å². The summed E-state index contributed by atoms with van der Waals surface area (Å²) in [5.41, 5.74) is 1.69. The summed E-state index contributed by atoms with van der Waals surface area (Å²) in [7, 11) is 0. The molecule has 1 N–H and O–H groups in total. The van der Waals surface area contributed by atoms with Crippen LogP contribution in [0.2, 0.25) is 0 Å². The SMILES string of the molecule is CC1CCC(c2ccc3[nH]ncc3c2)N(C(=O)OC(C)(C)C)C1. The molecule has 1 saturated heterocycles. The second kappa shape index (κ2) is 5.87. The minimum Gasteiger partial charge on any atom is -0.444 e. The van der Waals surface area contributed by atoms with Gasteiger partial charge >= 0.3 is 6.09 Å². The Labute approximate surface area is 137 Å². The Bertz CT molecular complexity index is 702. The Morgan fingerprint density at radius 2 is 2.13 bits per heavy atom. The van der Waals surface area contributed by atoms with Crippen LogP contribution < -0.4 is 0 Å². The molecule has 0 saturated carbocycles. The Kier molecular flexibility index (Phi) is 4.04. The molecule has 23 heavy (non-hydrogen) atoms. The van der Waals surface area contributed by atoms with E-state index in [-0.39, 0.29) is 12.1 Å². The van der Waals surface area contributed by atoms with Crippen LogP contribution in [0.5, 0.6) is 0 Å². The van der Waals surface area contributed by atoms with Crippen molar-refractivity contribution in [3.8, 4) is 0 Å². The molecule has 1 amide bonds. The highest BCUT2D eigenvalue weighted by molar-refractivity contribution is 5.79. The number of likely N-dealkylation sites (tertiary alicyclic amines) is 1. The maximum absolute atomic E-state index is 12.6. The average molecular weight is 315 g/mol. The zero-order chi connectivity index (χ0) is 16.6. The van der Waals surface area contributed by atoms with Crippen molar-refractivity contribution in [2.24, 2.45) is 5.92 Å². The standard InChI is InChI=1S/C18H25N3O2/c1-12-5-8-16(21(11-12)17(22)23-18(2,3)4)13-6-7-15-14(9-13)10-19-20-15/h6-7,9-10,12,16H,5,8,11H2,1-4H3,(H,19,20). The predicted molar refractivity (Wildman–Crippen MR) is 90.2 cm³/mol. The monoisotopic (exact) mass is 315 g/mol. The molecule has 1 aromatic carbocycles. The third kappa shape index (κ3) is 3.49. The van der Waals surface area contributed by atoms with Crippen molar-refractivity contribution in [3.05, 3.63) is 30.0 Å². The van der Waals surface area contributed by atoms with Gasteiger partial charge in [0.05, 0.1) is 17.8 Å². The highest BCUT2D eigenvalue weighted by Crippen LogP contribution is 2.35. The van der Waals surface area contributed by atoms with E-state index in [9.17, 15) is 4.79 Å². The summed E-state index contributed by atoms with van der Waals surface area (Å²) in [5, 5.41) is 8.11. The molecule has 2 unspecified atom stereocenters. The summed E-state index contributed by atoms with van der Waals surface area (Å²) in [4.78, 5) is 14.5. The smallest absolute Gasteiger partial charge is 0.410 e. The summed E-state index contributed by atoms with van der Waals surface area (Å²) >= 11 is 0. The summed E-state index contributed by atoms with van der Waals surface area (Å²) in [5.74, 6) is 0.497. The van der Waals surface area contributed by atoms with E-state index in [2.05, 4.69) is 29.3 Å². The quantitative estimate of drug-likeness (QED) is 0.855. The van der Waals surface area contributed by atoms with Gasteiger partial charge in [-0.3, -0.25) is 5.10 Å². The lowest BCUT2D eigenvalue weighted by Crippen LogP contribution is -2.44. The van der Waals surface area contributed by atoms with E-state index in [0.717, 1.165) is 35.9 Å². The molecule has 1 aromatic heterocycles. The summed E-state index contributed by atoms with van der Waals surface area (Å²) in [6.45, 7) is 8.65. The van der Waals surface area contributed by atoms with E-state index in [1.807, 2.05) is 37.9 Å². The van der Waals surface area contributed by atoms with Gasteiger partial charge in [0, 0.05) is 11.9 Å². The van der Waals surface area contributed by atoms with Crippen LogP contribution in [0.15, 0.2) is 24.4 Å². The van der Waals surface area contributed by atoms with E-state index in [0.29, 0.717) is 5.92 Å². The van der Waals surface area contributed by atoms with Gasteiger partial charge in [0.2, 0.25) is 0 Å². The number of hydrogen-bond donors (Lipinski definition) is 1. The molecule has 0 radical (unpaired) electrons. The zero-order valence-electron chi connectivity index (χ0n) is 14.3. The summed E-state index contributed by atoms with van der Waals surface area (Å²) < 4.78 is 5.62. The number of carbonyl (C=O) groups excluding carboxylic acids is 1. The maximum Gasteiger partial charge on any atom is 0.410 e. The molecule has 1 fully saturated rings. The molecule has 1 aliphatic heterocycles. The van der Waals surface area contributed by atoms with Crippen molar-refractivity contribution in [2.75, 3.05) is 6.54 Å². The average Bonchev–Trinajstić information content (AvgIpc) is 2.92. The number of benzene rings is 1. The number of nitrogens with one attached hydrogen (secondary N) is 1. The predicted octanol–water partition coefficient (Wildman–Crippen LogP) is 4.27. The molecule has 1 aliphatic rings. The van der Waals surface area contributed by atoms with E-state index in [1.165, 1.54) is 0 Å². The van der Waals surface area contributed by atoms with Crippen molar-refractivity contribution >= 4 is 17.0 Å². The van der Waals surface area contributed by atoms with Crippen molar-refractivity contribution in [3.63, 3.8) is 0 Å². The van der Waals surface area contributed by atoms with Gasteiger partial charge in [-0.05, 0) is 57.2 Å². The number of carbonyl (C=O) groups is 1. The first-order valence-corrected chi connectivity index (χ1v) is 8.26. The first-order valence-electron chi connectivity index (χ1n) is 8.26. The Morgan fingerprint density at radius 3 is 2.87 bits per heavy atom. The number of aromatic nitrogens is 2. The third-order valence-electron chi connectivity index (χ3n) is 4.29. The van der Waals surface area contributed by atoms with Gasteiger partial charge < -0.3 is 9.64 Å². The van der Waals surface area contributed by atoms with Crippen molar-refractivity contribution in [1.29, 1.82) is 0 Å². The Balaban J connectivity index is 1.89. The van der Waals surface area contributed by atoms with Crippen LogP contribution in [0.4, 0.5) is 4.79 Å². The molecule has 2 aromatic rings. The van der Waals surface area contributed by atoms with Gasteiger partial charge in [0.1, 0.15) is 5.60 Å². The minimum atomic E-state index is -0.475. The van der Waals surface area contributed by atoms with Crippen LogP contribution >= 0.6 is 0 Å². The fraction of sp³-hybridized carbons (Fsp3) is 0.556. The third-order valence-corrected chi connectivity index (χ3v) is 4.29. The highest BCUT2D eigenvalue weighted by atomic mass is 16.6. The van der Waals surface area contributed by atoms with Crippen molar-refractivity contribution in [1.82, 2.24) is 15.1 Å². The number of fused-ring (bicyclic) bond motifs is 1. The molecule has 2 heterocycles. The highest BCUT2D eigenvalue weighted by Gasteiger charge is 2.33. The number of ether oxygens (including phenoxy) is 1. The molecule has 0 aliphatic carbocycles. The van der Waals surface area contributed by atoms with Gasteiger partial charge in [-0.25, -0.2) is 4.79 Å². The number of hydrogen-bond acceptors (Lipinski definition) is 3. The van der Waals surface area contributed by atoms with E-state index in [1.54, 1.807) is 0 Å². The number of aromatic amines is 1. The van der Waals surface area contributed by atoms with E-state index >= 15 is 0 Å². The second-order valence-electron chi connectivity index (χ2n) is 7.55. The van der Waals surface area contributed by atoms with Gasteiger partial charge in [-0.2, -0.15) is 5.10 Å². The molecular weight excluding hydrogens is 290 g/mol. The van der Waals surface area contributed by atoms with Crippen LogP contribution in [-0.2, 0) is 4.74 Å². The molecule has 2 atom stereocenters.